The summed E-state index contributed by atoms with van der Waals surface area (Å²) in [5.41, 5.74) is 0.524. The summed E-state index contributed by atoms with van der Waals surface area (Å²) in [6, 6.07) is 0. The minimum atomic E-state index is 0.411. The maximum Gasteiger partial charge on any atom is 0.104 e. The van der Waals surface area contributed by atoms with Gasteiger partial charge in [0.25, 0.3) is 0 Å². The number of hydrogen-bond donors (Lipinski definition) is 0. The lowest BCUT2D eigenvalue weighted by atomic mass is 9.59. The molecule has 4 heteroatoms. The Kier molecular flexibility index (Phi) is 9.14. The standard InChI is InChI=1S/C27H48O4/c1-27(2,23-11-7-21(8-12-23)5-3-15-28-17-25-19-30-25)24-13-9-22(10-14-24)6-4-16-29-18-26-20-31-26/h21-26H,3-20H2,1-2H3. The molecule has 2 heterocycles. The summed E-state index contributed by atoms with van der Waals surface area (Å²) in [5.74, 6) is 3.76. The molecule has 4 rings (SSSR count). The largest absolute Gasteiger partial charge is 0.379 e. The van der Waals surface area contributed by atoms with Crippen LogP contribution in [0.15, 0.2) is 0 Å². The second-order valence-electron chi connectivity index (χ2n) is 11.6. The van der Waals surface area contributed by atoms with Gasteiger partial charge in [0.05, 0.1) is 26.4 Å². The van der Waals surface area contributed by atoms with Gasteiger partial charge in [-0.15, -0.1) is 0 Å². The first-order chi connectivity index (χ1) is 15.1. The van der Waals surface area contributed by atoms with Gasteiger partial charge >= 0.3 is 0 Å². The molecule has 2 saturated carbocycles. The van der Waals surface area contributed by atoms with E-state index in [2.05, 4.69) is 13.8 Å². The van der Waals surface area contributed by atoms with Gasteiger partial charge in [-0.2, -0.15) is 0 Å². The highest BCUT2D eigenvalue weighted by atomic mass is 16.6. The monoisotopic (exact) mass is 436 g/mol. The molecule has 2 atom stereocenters. The van der Waals surface area contributed by atoms with Gasteiger partial charge in [-0.3, -0.25) is 0 Å². The highest BCUT2D eigenvalue weighted by Crippen LogP contribution is 2.50. The van der Waals surface area contributed by atoms with Crippen molar-refractivity contribution in [1.29, 1.82) is 0 Å². The highest BCUT2D eigenvalue weighted by molar-refractivity contribution is 4.90. The summed E-state index contributed by atoms with van der Waals surface area (Å²) in [4.78, 5) is 0. The Morgan fingerprint density at radius 2 is 1.03 bits per heavy atom. The van der Waals surface area contributed by atoms with E-state index in [-0.39, 0.29) is 0 Å². The van der Waals surface area contributed by atoms with E-state index in [1.54, 1.807) is 0 Å². The number of ether oxygens (including phenoxy) is 4. The smallest absolute Gasteiger partial charge is 0.104 e. The molecular formula is C27H48O4. The topological polar surface area (TPSA) is 43.5 Å². The van der Waals surface area contributed by atoms with Crippen LogP contribution in [0.4, 0.5) is 0 Å². The fourth-order valence-corrected chi connectivity index (χ4v) is 6.43. The van der Waals surface area contributed by atoms with Crippen LogP contribution in [0.3, 0.4) is 0 Å². The van der Waals surface area contributed by atoms with Gasteiger partial charge in [0.1, 0.15) is 12.2 Å². The van der Waals surface area contributed by atoms with E-state index < -0.39 is 0 Å². The molecule has 0 amide bonds. The Morgan fingerprint density at radius 3 is 1.39 bits per heavy atom. The van der Waals surface area contributed by atoms with Crippen LogP contribution >= 0.6 is 0 Å². The molecule has 0 spiro atoms. The van der Waals surface area contributed by atoms with E-state index in [0.717, 1.165) is 63.3 Å². The van der Waals surface area contributed by atoms with Crippen molar-refractivity contribution < 1.29 is 18.9 Å². The number of rotatable bonds is 14. The van der Waals surface area contributed by atoms with Crippen molar-refractivity contribution in [3.05, 3.63) is 0 Å². The van der Waals surface area contributed by atoms with Crippen LogP contribution in [0, 0.1) is 29.1 Å². The van der Waals surface area contributed by atoms with Gasteiger partial charge in [-0.25, -0.2) is 0 Å². The molecule has 2 aliphatic heterocycles. The van der Waals surface area contributed by atoms with Crippen molar-refractivity contribution in [3.8, 4) is 0 Å². The van der Waals surface area contributed by atoms with Gasteiger partial charge in [-0.05, 0) is 80.5 Å². The summed E-state index contributed by atoms with van der Waals surface area (Å²) in [7, 11) is 0. The van der Waals surface area contributed by atoms with Gasteiger partial charge in [0.2, 0.25) is 0 Å². The zero-order valence-electron chi connectivity index (χ0n) is 20.3. The van der Waals surface area contributed by atoms with Crippen LogP contribution in [-0.4, -0.2) is 51.8 Å². The normalized spacial score (nSPS) is 35.8. The van der Waals surface area contributed by atoms with Crippen molar-refractivity contribution in [2.45, 2.75) is 103 Å². The molecule has 0 aromatic rings. The zero-order chi connectivity index (χ0) is 21.5. The maximum absolute atomic E-state index is 5.72. The Hall–Kier alpha value is -0.160. The van der Waals surface area contributed by atoms with Gasteiger partial charge < -0.3 is 18.9 Å². The summed E-state index contributed by atoms with van der Waals surface area (Å²) in [5, 5.41) is 0. The van der Waals surface area contributed by atoms with Crippen molar-refractivity contribution in [2.24, 2.45) is 29.1 Å². The summed E-state index contributed by atoms with van der Waals surface area (Å²) >= 11 is 0. The van der Waals surface area contributed by atoms with E-state index >= 15 is 0 Å². The molecule has 4 nitrogen and oxygen atoms in total. The SMILES string of the molecule is CC(C)(C1CCC(CCCOCC2CO2)CC1)C1CCC(CCCOCC2CO2)CC1. The molecule has 0 radical (unpaired) electrons. The fraction of sp³-hybridized carbons (Fsp3) is 1.00. The van der Waals surface area contributed by atoms with E-state index in [4.69, 9.17) is 18.9 Å². The number of hydrogen-bond acceptors (Lipinski definition) is 4. The Balaban J connectivity index is 1.06. The third-order valence-electron chi connectivity index (χ3n) is 9.01. The molecule has 0 N–H and O–H groups in total. The van der Waals surface area contributed by atoms with Crippen molar-refractivity contribution in [2.75, 3.05) is 39.6 Å². The van der Waals surface area contributed by atoms with Crippen LogP contribution in [0.1, 0.15) is 90.9 Å². The summed E-state index contributed by atoms with van der Waals surface area (Å²) in [6.45, 7) is 10.5. The van der Waals surface area contributed by atoms with Gasteiger partial charge in [0.15, 0.2) is 0 Å². The number of epoxide rings is 2. The quantitative estimate of drug-likeness (QED) is 0.247. The molecule has 4 fully saturated rings. The van der Waals surface area contributed by atoms with Crippen molar-refractivity contribution in [1.82, 2.24) is 0 Å². The zero-order valence-corrected chi connectivity index (χ0v) is 20.3. The van der Waals surface area contributed by atoms with Crippen LogP contribution in [0.25, 0.3) is 0 Å². The first kappa shape index (κ1) is 24.0. The molecule has 2 aliphatic carbocycles. The van der Waals surface area contributed by atoms with Crippen LogP contribution in [0.5, 0.6) is 0 Å². The van der Waals surface area contributed by atoms with Crippen molar-refractivity contribution in [3.63, 3.8) is 0 Å². The van der Waals surface area contributed by atoms with Crippen LogP contribution in [0.2, 0.25) is 0 Å². The average Bonchev–Trinajstić information content (AvgIpc) is 3.70. The van der Waals surface area contributed by atoms with Gasteiger partial charge in [0, 0.05) is 13.2 Å². The third-order valence-corrected chi connectivity index (χ3v) is 9.01. The lowest BCUT2D eigenvalue weighted by Gasteiger charge is -2.47. The predicted molar refractivity (Wildman–Crippen MR) is 124 cm³/mol. The molecule has 4 aliphatic rings. The second kappa shape index (κ2) is 11.8. The molecule has 0 aromatic carbocycles. The molecular weight excluding hydrogens is 388 g/mol. The molecule has 0 bridgehead atoms. The van der Waals surface area contributed by atoms with Crippen LogP contribution < -0.4 is 0 Å². The van der Waals surface area contributed by atoms with E-state index in [1.807, 2.05) is 0 Å². The molecule has 0 aromatic heterocycles. The van der Waals surface area contributed by atoms with Crippen molar-refractivity contribution >= 4 is 0 Å². The molecule has 2 unspecified atom stereocenters. The summed E-state index contributed by atoms with van der Waals surface area (Å²) < 4.78 is 21.9. The molecule has 2 saturated heterocycles. The molecule has 180 valence electrons. The van der Waals surface area contributed by atoms with E-state index in [1.165, 1.54) is 77.0 Å². The lowest BCUT2D eigenvalue weighted by molar-refractivity contribution is 0.0339. The Bertz CT molecular complexity index is 453. The lowest BCUT2D eigenvalue weighted by Crippen LogP contribution is -2.37. The maximum atomic E-state index is 5.72. The van der Waals surface area contributed by atoms with E-state index in [0.29, 0.717) is 17.6 Å². The predicted octanol–water partition coefficient (Wildman–Crippen LogP) is 6.02. The second-order valence-corrected chi connectivity index (χ2v) is 11.6. The minimum Gasteiger partial charge on any atom is -0.379 e. The third kappa shape index (κ3) is 7.98. The van der Waals surface area contributed by atoms with E-state index in [9.17, 15) is 0 Å². The first-order valence-corrected chi connectivity index (χ1v) is 13.5. The average molecular weight is 437 g/mol. The highest BCUT2D eigenvalue weighted by Gasteiger charge is 2.40. The minimum absolute atomic E-state index is 0.411. The van der Waals surface area contributed by atoms with Gasteiger partial charge in [-0.1, -0.05) is 39.5 Å². The Morgan fingerprint density at radius 1 is 0.645 bits per heavy atom. The van der Waals surface area contributed by atoms with Crippen LogP contribution in [-0.2, 0) is 18.9 Å². The summed E-state index contributed by atoms with van der Waals surface area (Å²) in [6.07, 6.45) is 17.6. The first-order valence-electron chi connectivity index (χ1n) is 13.5. The molecule has 31 heavy (non-hydrogen) atoms. The Labute approximate surface area is 191 Å². The fourth-order valence-electron chi connectivity index (χ4n) is 6.43.